The van der Waals surface area contributed by atoms with E-state index in [9.17, 15) is 4.79 Å². The zero-order valence-corrected chi connectivity index (χ0v) is 17.0. The van der Waals surface area contributed by atoms with E-state index in [0.29, 0.717) is 0 Å². The van der Waals surface area contributed by atoms with Gasteiger partial charge in [0.2, 0.25) is 0 Å². The number of anilines is 2. The van der Waals surface area contributed by atoms with Gasteiger partial charge in [0, 0.05) is 25.7 Å². The Morgan fingerprint density at radius 1 is 1.04 bits per heavy atom. The molecule has 28 heavy (non-hydrogen) atoms. The summed E-state index contributed by atoms with van der Waals surface area (Å²) < 4.78 is 10.7. The second-order valence-corrected chi connectivity index (χ2v) is 7.20. The number of nitrogens with one attached hydrogen (secondary N) is 1. The number of rotatable bonds is 7. The van der Waals surface area contributed by atoms with Crippen LogP contribution in [0.15, 0.2) is 53.6 Å². The summed E-state index contributed by atoms with van der Waals surface area (Å²) in [6, 6.07) is 13.7. The van der Waals surface area contributed by atoms with Gasteiger partial charge in [-0.25, -0.2) is 0 Å². The van der Waals surface area contributed by atoms with Crippen LogP contribution in [0, 0.1) is 0 Å². The molecule has 0 atom stereocenters. The molecule has 5 nitrogen and oxygen atoms in total. The molecule has 0 unspecified atom stereocenters. The number of amides is 1. The Morgan fingerprint density at radius 2 is 1.71 bits per heavy atom. The zero-order valence-electron chi connectivity index (χ0n) is 17.0. The van der Waals surface area contributed by atoms with Crippen LogP contribution >= 0.6 is 0 Å². The number of nitrogens with zero attached hydrogens (tertiary/aromatic N) is 1. The van der Waals surface area contributed by atoms with Gasteiger partial charge in [0.1, 0.15) is 11.5 Å². The molecule has 1 N–H and O–H groups in total. The number of allylic oxidation sites excluding steroid dienone is 1. The molecule has 0 bridgehead atoms. The van der Waals surface area contributed by atoms with E-state index in [1.807, 2.05) is 61.5 Å². The van der Waals surface area contributed by atoms with Gasteiger partial charge in [-0.3, -0.25) is 4.79 Å². The van der Waals surface area contributed by atoms with Gasteiger partial charge >= 0.3 is 0 Å². The van der Waals surface area contributed by atoms with Gasteiger partial charge < -0.3 is 19.7 Å². The molecule has 0 fully saturated rings. The van der Waals surface area contributed by atoms with Crippen LogP contribution in [0.2, 0.25) is 0 Å². The molecular formula is C23H28N2O3. The van der Waals surface area contributed by atoms with Crippen LogP contribution in [-0.4, -0.2) is 34.2 Å². The first-order chi connectivity index (χ1) is 13.5. The van der Waals surface area contributed by atoms with E-state index in [4.69, 9.17) is 9.47 Å². The first-order valence-corrected chi connectivity index (χ1v) is 9.52. The standard InChI is InChI=1S/C23H28N2O3/c1-25(2)22-11-6-5-10-21(22)24-23(26)20-9-7-8-17(20)12-16-13-18(27-3)15-19(14-16)28-4/h5-6,10-11,13-15H,7-9,12H2,1-4H3,(H,24,26). The summed E-state index contributed by atoms with van der Waals surface area (Å²) in [6.07, 6.45) is 3.49. The third kappa shape index (κ3) is 4.47. The summed E-state index contributed by atoms with van der Waals surface area (Å²) in [5, 5.41) is 3.11. The van der Waals surface area contributed by atoms with Crippen LogP contribution < -0.4 is 19.7 Å². The predicted octanol–water partition coefficient (Wildman–Crippen LogP) is 4.43. The molecule has 0 aliphatic heterocycles. The fourth-order valence-electron chi connectivity index (χ4n) is 3.66. The molecule has 0 saturated carbocycles. The van der Waals surface area contributed by atoms with E-state index in [-0.39, 0.29) is 5.91 Å². The van der Waals surface area contributed by atoms with E-state index in [1.54, 1.807) is 14.2 Å². The number of hydrogen-bond donors (Lipinski definition) is 1. The van der Waals surface area contributed by atoms with Crippen molar-refractivity contribution in [2.45, 2.75) is 25.7 Å². The fourth-order valence-corrected chi connectivity index (χ4v) is 3.66. The van der Waals surface area contributed by atoms with Crippen molar-refractivity contribution in [3.05, 3.63) is 59.2 Å². The largest absolute Gasteiger partial charge is 0.497 e. The maximum atomic E-state index is 13.0. The molecule has 2 aromatic rings. The van der Waals surface area contributed by atoms with Gasteiger partial charge in [0.05, 0.1) is 25.6 Å². The van der Waals surface area contributed by atoms with Crippen LogP contribution in [0.4, 0.5) is 11.4 Å². The van der Waals surface area contributed by atoms with Crippen molar-refractivity contribution in [2.24, 2.45) is 0 Å². The van der Waals surface area contributed by atoms with Crippen molar-refractivity contribution >= 4 is 17.3 Å². The van der Waals surface area contributed by atoms with Crippen LogP contribution in [0.5, 0.6) is 11.5 Å². The van der Waals surface area contributed by atoms with Gasteiger partial charge in [0.25, 0.3) is 5.91 Å². The molecule has 5 heteroatoms. The maximum Gasteiger partial charge on any atom is 0.251 e. The molecule has 1 aliphatic carbocycles. The Balaban J connectivity index is 1.83. The lowest BCUT2D eigenvalue weighted by molar-refractivity contribution is -0.113. The third-order valence-corrected chi connectivity index (χ3v) is 5.07. The lowest BCUT2D eigenvalue weighted by Crippen LogP contribution is -2.18. The Morgan fingerprint density at radius 3 is 2.36 bits per heavy atom. The van der Waals surface area contributed by atoms with Crippen LogP contribution in [0.1, 0.15) is 24.8 Å². The fraction of sp³-hybridized carbons (Fsp3) is 0.348. The van der Waals surface area contributed by atoms with Crippen molar-refractivity contribution < 1.29 is 14.3 Å². The normalized spacial score (nSPS) is 13.4. The first kappa shape index (κ1) is 19.8. The summed E-state index contributed by atoms with van der Waals surface area (Å²) in [6.45, 7) is 0. The average Bonchev–Trinajstić information content (AvgIpc) is 3.16. The number of benzene rings is 2. The number of hydrogen-bond acceptors (Lipinski definition) is 4. The SMILES string of the molecule is COc1cc(CC2=C(C(=O)Nc3ccccc3N(C)C)CCC2)cc(OC)c1. The van der Waals surface area contributed by atoms with E-state index in [2.05, 4.69) is 5.32 Å². The lowest BCUT2D eigenvalue weighted by atomic mass is 10.0. The summed E-state index contributed by atoms with van der Waals surface area (Å²) in [5.41, 5.74) is 5.01. The van der Waals surface area contributed by atoms with Crippen LogP contribution in [0.25, 0.3) is 0 Å². The predicted molar refractivity (Wildman–Crippen MR) is 114 cm³/mol. The molecular weight excluding hydrogens is 352 g/mol. The number of methoxy groups -OCH3 is 2. The summed E-state index contributed by atoms with van der Waals surface area (Å²) in [4.78, 5) is 15.0. The zero-order chi connectivity index (χ0) is 20.1. The first-order valence-electron chi connectivity index (χ1n) is 9.52. The molecule has 0 heterocycles. The third-order valence-electron chi connectivity index (χ3n) is 5.07. The molecule has 148 valence electrons. The average molecular weight is 380 g/mol. The topological polar surface area (TPSA) is 50.8 Å². The van der Waals surface area contributed by atoms with Gasteiger partial charge in [-0.05, 0) is 55.5 Å². The van der Waals surface area contributed by atoms with E-state index >= 15 is 0 Å². The van der Waals surface area contributed by atoms with E-state index in [0.717, 1.165) is 59.7 Å². The van der Waals surface area contributed by atoms with Gasteiger partial charge in [0.15, 0.2) is 0 Å². The number of ether oxygens (including phenoxy) is 2. The highest BCUT2D eigenvalue weighted by Crippen LogP contribution is 2.33. The minimum Gasteiger partial charge on any atom is -0.497 e. The second kappa shape index (κ2) is 8.83. The highest BCUT2D eigenvalue weighted by atomic mass is 16.5. The quantitative estimate of drug-likeness (QED) is 0.772. The minimum absolute atomic E-state index is 0.00309. The highest BCUT2D eigenvalue weighted by Gasteiger charge is 2.22. The number of para-hydroxylation sites is 2. The second-order valence-electron chi connectivity index (χ2n) is 7.20. The number of carbonyl (C=O) groups excluding carboxylic acids is 1. The minimum atomic E-state index is -0.00309. The number of carbonyl (C=O) groups is 1. The highest BCUT2D eigenvalue weighted by molar-refractivity contribution is 6.06. The van der Waals surface area contributed by atoms with Crippen molar-refractivity contribution in [1.29, 1.82) is 0 Å². The molecule has 2 aromatic carbocycles. The van der Waals surface area contributed by atoms with Crippen molar-refractivity contribution in [3.8, 4) is 11.5 Å². The van der Waals surface area contributed by atoms with Crippen molar-refractivity contribution in [2.75, 3.05) is 38.5 Å². The summed E-state index contributed by atoms with van der Waals surface area (Å²) >= 11 is 0. The summed E-state index contributed by atoms with van der Waals surface area (Å²) in [7, 11) is 7.24. The molecule has 0 radical (unpaired) electrons. The van der Waals surface area contributed by atoms with Gasteiger partial charge in [-0.1, -0.05) is 17.7 Å². The molecule has 0 saturated heterocycles. The maximum absolute atomic E-state index is 13.0. The van der Waals surface area contributed by atoms with Crippen LogP contribution in [-0.2, 0) is 11.2 Å². The van der Waals surface area contributed by atoms with Crippen molar-refractivity contribution in [3.63, 3.8) is 0 Å². The molecule has 0 aromatic heterocycles. The molecule has 1 aliphatic rings. The van der Waals surface area contributed by atoms with E-state index < -0.39 is 0 Å². The van der Waals surface area contributed by atoms with Gasteiger partial charge in [-0.15, -0.1) is 0 Å². The Hall–Kier alpha value is -2.95. The lowest BCUT2D eigenvalue weighted by Gasteiger charge is -2.18. The monoisotopic (exact) mass is 380 g/mol. The van der Waals surface area contributed by atoms with E-state index in [1.165, 1.54) is 5.57 Å². The smallest absolute Gasteiger partial charge is 0.251 e. The van der Waals surface area contributed by atoms with Crippen LogP contribution in [0.3, 0.4) is 0 Å². The Labute approximate surface area is 167 Å². The Kier molecular flexibility index (Phi) is 6.24. The Bertz CT molecular complexity index is 865. The van der Waals surface area contributed by atoms with Gasteiger partial charge in [-0.2, -0.15) is 0 Å². The molecule has 1 amide bonds. The summed E-state index contributed by atoms with van der Waals surface area (Å²) in [5.74, 6) is 1.52. The molecule has 0 spiro atoms. The van der Waals surface area contributed by atoms with Crippen molar-refractivity contribution in [1.82, 2.24) is 0 Å². The molecule has 3 rings (SSSR count).